The lowest BCUT2D eigenvalue weighted by Crippen LogP contribution is -2.00. The number of rotatable bonds is 5. The van der Waals surface area contributed by atoms with Crippen LogP contribution in [0, 0.1) is 0 Å². The van der Waals surface area contributed by atoms with E-state index in [9.17, 15) is 4.79 Å². The minimum Gasteiger partial charge on any atom is -0.294 e. The fourth-order valence-electron chi connectivity index (χ4n) is 1.74. The van der Waals surface area contributed by atoms with Crippen LogP contribution in [0.2, 0.25) is 0 Å². The van der Waals surface area contributed by atoms with Crippen molar-refractivity contribution >= 4 is 5.78 Å². The van der Waals surface area contributed by atoms with Crippen molar-refractivity contribution in [3.63, 3.8) is 0 Å². The SMILES string of the molecule is CCCC(=O)c1cnn(Cc2ccccc2)c1. The monoisotopic (exact) mass is 228 g/mol. The highest BCUT2D eigenvalue weighted by Crippen LogP contribution is 2.06. The molecule has 0 atom stereocenters. The molecule has 17 heavy (non-hydrogen) atoms. The Balaban J connectivity index is 2.06. The highest BCUT2D eigenvalue weighted by Gasteiger charge is 2.07. The summed E-state index contributed by atoms with van der Waals surface area (Å²) in [5.41, 5.74) is 1.90. The van der Waals surface area contributed by atoms with Crippen molar-refractivity contribution in [3.05, 3.63) is 53.9 Å². The summed E-state index contributed by atoms with van der Waals surface area (Å²) in [6.07, 6.45) is 4.95. The normalized spacial score (nSPS) is 10.4. The molecule has 3 nitrogen and oxygen atoms in total. The third kappa shape index (κ3) is 3.03. The van der Waals surface area contributed by atoms with Crippen LogP contribution in [0.4, 0.5) is 0 Å². The van der Waals surface area contributed by atoms with Crippen LogP contribution in [0.15, 0.2) is 42.7 Å². The Bertz CT molecular complexity index is 488. The summed E-state index contributed by atoms with van der Waals surface area (Å²) in [5, 5.41) is 4.21. The fourth-order valence-corrected chi connectivity index (χ4v) is 1.74. The summed E-state index contributed by atoms with van der Waals surface area (Å²) >= 11 is 0. The van der Waals surface area contributed by atoms with Crippen LogP contribution in [-0.2, 0) is 6.54 Å². The molecule has 2 rings (SSSR count). The third-order valence-corrected chi connectivity index (χ3v) is 2.62. The Morgan fingerprint density at radius 2 is 2.06 bits per heavy atom. The first kappa shape index (κ1) is 11.6. The Morgan fingerprint density at radius 3 is 2.76 bits per heavy atom. The van der Waals surface area contributed by atoms with E-state index in [2.05, 4.69) is 17.2 Å². The lowest BCUT2D eigenvalue weighted by molar-refractivity contribution is 0.0981. The van der Waals surface area contributed by atoms with Crippen molar-refractivity contribution in [2.45, 2.75) is 26.3 Å². The van der Waals surface area contributed by atoms with Crippen LogP contribution in [0.25, 0.3) is 0 Å². The first-order chi connectivity index (χ1) is 8.29. The van der Waals surface area contributed by atoms with E-state index in [0.717, 1.165) is 6.42 Å². The van der Waals surface area contributed by atoms with Gasteiger partial charge in [-0.2, -0.15) is 5.10 Å². The summed E-state index contributed by atoms with van der Waals surface area (Å²) in [4.78, 5) is 11.7. The molecule has 0 spiro atoms. The fraction of sp³-hybridized carbons (Fsp3) is 0.286. The molecule has 3 heteroatoms. The molecule has 0 fully saturated rings. The number of nitrogens with zero attached hydrogens (tertiary/aromatic N) is 2. The smallest absolute Gasteiger partial charge is 0.166 e. The van der Waals surface area contributed by atoms with E-state index in [1.165, 1.54) is 5.56 Å². The second-order valence-electron chi connectivity index (χ2n) is 4.09. The summed E-state index contributed by atoms with van der Waals surface area (Å²) in [6, 6.07) is 10.1. The van der Waals surface area contributed by atoms with Crippen LogP contribution in [0.3, 0.4) is 0 Å². The molecule has 0 unspecified atom stereocenters. The average molecular weight is 228 g/mol. The standard InChI is InChI=1S/C14H16N2O/c1-2-6-14(17)13-9-15-16(11-13)10-12-7-4-3-5-8-12/h3-5,7-9,11H,2,6,10H2,1H3. The van der Waals surface area contributed by atoms with Gasteiger partial charge in [0, 0.05) is 12.6 Å². The summed E-state index contributed by atoms with van der Waals surface area (Å²) in [7, 11) is 0. The van der Waals surface area contributed by atoms with Gasteiger partial charge in [0.05, 0.1) is 18.3 Å². The lowest BCUT2D eigenvalue weighted by Gasteiger charge is -2.00. The predicted molar refractivity (Wildman–Crippen MR) is 67.0 cm³/mol. The van der Waals surface area contributed by atoms with Gasteiger partial charge in [0.25, 0.3) is 0 Å². The zero-order chi connectivity index (χ0) is 12.1. The van der Waals surface area contributed by atoms with Crippen molar-refractivity contribution in [2.24, 2.45) is 0 Å². The minimum atomic E-state index is 0.173. The molecule has 0 saturated carbocycles. The van der Waals surface area contributed by atoms with Gasteiger partial charge < -0.3 is 0 Å². The second kappa shape index (κ2) is 5.43. The van der Waals surface area contributed by atoms with E-state index in [4.69, 9.17) is 0 Å². The van der Waals surface area contributed by atoms with Gasteiger partial charge in [-0.15, -0.1) is 0 Å². The van der Waals surface area contributed by atoms with E-state index in [1.807, 2.05) is 31.3 Å². The van der Waals surface area contributed by atoms with Crippen molar-refractivity contribution in [3.8, 4) is 0 Å². The molecule has 2 aromatic rings. The van der Waals surface area contributed by atoms with Gasteiger partial charge in [-0.3, -0.25) is 9.48 Å². The number of carbonyl (C=O) groups is 1. The van der Waals surface area contributed by atoms with E-state index in [1.54, 1.807) is 10.9 Å². The molecule has 88 valence electrons. The number of Topliss-reactive ketones (excluding diaryl/α,β-unsaturated/α-hetero) is 1. The molecule has 0 bridgehead atoms. The molecule has 1 aromatic heterocycles. The number of ketones is 1. The zero-order valence-electron chi connectivity index (χ0n) is 9.97. The quantitative estimate of drug-likeness (QED) is 0.737. The molecule has 1 heterocycles. The number of hydrogen-bond acceptors (Lipinski definition) is 2. The topological polar surface area (TPSA) is 34.9 Å². The highest BCUT2D eigenvalue weighted by atomic mass is 16.1. The maximum Gasteiger partial charge on any atom is 0.166 e. The molecule has 1 aromatic carbocycles. The minimum absolute atomic E-state index is 0.173. The van der Waals surface area contributed by atoms with Crippen LogP contribution >= 0.6 is 0 Å². The Labute approximate surface area is 101 Å². The van der Waals surface area contributed by atoms with Crippen molar-refractivity contribution in [1.82, 2.24) is 9.78 Å². The van der Waals surface area contributed by atoms with Crippen LogP contribution < -0.4 is 0 Å². The van der Waals surface area contributed by atoms with Gasteiger partial charge in [-0.1, -0.05) is 37.3 Å². The molecular formula is C14H16N2O. The Kier molecular flexibility index (Phi) is 3.70. The maximum atomic E-state index is 11.7. The number of benzene rings is 1. The summed E-state index contributed by atoms with van der Waals surface area (Å²) < 4.78 is 1.80. The lowest BCUT2D eigenvalue weighted by atomic mass is 10.1. The van der Waals surface area contributed by atoms with Gasteiger partial charge in [0.2, 0.25) is 0 Å². The second-order valence-corrected chi connectivity index (χ2v) is 4.09. The predicted octanol–water partition coefficient (Wildman–Crippen LogP) is 2.91. The Hall–Kier alpha value is -1.90. The summed E-state index contributed by atoms with van der Waals surface area (Å²) in [6.45, 7) is 2.71. The molecule has 0 aliphatic heterocycles. The molecular weight excluding hydrogens is 212 g/mol. The highest BCUT2D eigenvalue weighted by molar-refractivity contribution is 5.95. The van der Waals surface area contributed by atoms with Crippen LogP contribution in [-0.4, -0.2) is 15.6 Å². The van der Waals surface area contributed by atoms with Gasteiger partial charge in [0.15, 0.2) is 5.78 Å². The molecule has 0 aliphatic carbocycles. The van der Waals surface area contributed by atoms with Crippen LogP contribution in [0.1, 0.15) is 35.7 Å². The van der Waals surface area contributed by atoms with E-state index in [0.29, 0.717) is 18.5 Å². The van der Waals surface area contributed by atoms with E-state index >= 15 is 0 Å². The molecule has 0 amide bonds. The summed E-state index contributed by atoms with van der Waals surface area (Å²) in [5.74, 6) is 0.173. The number of hydrogen-bond donors (Lipinski definition) is 0. The van der Waals surface area contributed by atoms with E-state index in [-0.39, 0.29) is 5.78 Å². The first-order valence-corrected chi connectivity index (χ1v) is 5.89. The van der Waals surface area contributed by atoms with Gasteiger partial charge in [-0.25, -0.2) is 0 Å². The van der Waals surface area contributed by atoms with Crippen molar-refractivity contribution in [2.75, 3.05) is 0 Å². The van der Waals surface area contributed by atoms with Crippen molar-refractivity contribution in [1.29, 1.82) is 0 Å². The Morgan fingerprint density at radius 1 is 1.29 bits per heavy atom. The maximum absolute atomic E-state index is 11.7. The largest absolute Gasteiger partial charge is 0.294 e. The zero-order valence-corrected chi connectivity index (χ0v) is 9.97. The number of aromatic nitrogens is 2. The third-order valence-electron chi connectivity index (χ3n) is 2.62. The van der Waals surface area contributed by atoms with Crippen LogP contribution in [0.5, 0.6) is 0 Å². The number of carbonyl (C=O) groups excluding carboxylic acids is 1. The molecule has 0 radical (unpaired) electrons. The average Bonchev–Trinajstić information content (AvgIpc) is 2.79. The molecule has 0 aliphatic rings. The molecule has 0 saturated heterocycles. The van der Waals surface area contributed by atoms with E-state index < -0.39 is 0 Å². The van der Waals surface area contributed by atoms with Gasteiger partial charge >= 0.3 is 0 Å². The molecule has 0 N–H and O–H groups in total. The van der Waals surface area contributed by atoms with Gasteiger partial charge in [-0.05, 0) is 12.0 Å². The van der Waals surface area contributed by atoms with Gasteiger partial charge in [0.1, 0.15) is 0 Å². The van der Waals surface area contributed by atoms with Crippen molar-refractivity contribution < 1.29 is 4.79 Å². The first-order valence-electron chi connectivity index (χ1n) is 5.89.